The summed E-state index contributed by atoms with van der Waals surface area (Å²) < 4.78 is 0.434. The average molecular weight is 193 g/mol. The summed E-state index contributed by atoms with van der Waals surface area (Å²) in [5, 5.41) is 9.94. The van der Waals surface area contributed by atoms with Crippen molar-refractivity contribution in [3.8, 4) is 0 Å². The maximum atomic E-state index is 9.94. The van der Waals surface area contributed by atoms with Gasteiger partial charge in [0.2, 0.25) is 6.54 Å². The van der Waals surface area contributed by atoms with Gasteiger partial charge in [-0.25, -0.2) is 4.98 Å². The summed E-state index contributed by atoms with van der Waals surface area (Å²) in [6, 6.07) is 0. The first-order valence-corrected chi connectivity index (χ1v) is 4.10. The Morgan fingerprint density at radius 1 is 1.82 bits per heavy atom. The van der Waals surface area contributed by atoms with Gasteiger partial charge in [-0.1, -0.05) is 11.6 Å². The van der Waals surface area contributed by atoms with E-state index in [0.29, 0.717) is 10.9 Å². The molecule has 0 bridgehead atoms. The minimum atomic E-state index is -0.354. The molecule has 0 fully saturated rings. The average Bonchev–Trinajstić information content (AvgIpc) is 2.31. The van der Waals surface area contributed by atoms with Crippen molar-refractivity contribution in [2.24, 2.45) is 0 Å². The summed E-state index contributed by atoms with van der Waals surface area (Å²) in [4.78, 5) is 14.2. The Hall–Kier alpha value is -0.680. The molecule has 0 aromatic carbocycles. The molecule has 0 saturated carbocycles. The zero-order valence-electron chi connectivity index (χ0n) is 5.49. The Kier molecular flexibility index (Phi) is 2.78. The number of nitrogens with zero attached hydrogens (tertiary/aromatic N) is 2. The molecule has 1 rings (SSSR count). The van der Waals surface area contributed by atoms with Gasteiger partial charge in [0.15, 0.2) is 4.47 Å². The largest absolute Gasteiger partial charge is 0.265 e. The molecule has 0 unspecified atom stereocenters. The van der Waals surface area contributed by atoms with Crippen LogP contribution in [0.5, 0.6) is 0 Å². The van der Waals surface area contributed by atoms with Gasteiger partial charge in [0.05, 0.1) is 0 Å². The van der Waals surface area contributed by atoms with Crippen molar-refractivity contribution in [3.05, 3.63) is 25.7 Å². The van der Waals surface area contributed by atoms with Gasteiger partial charge in [-0.15, -0.1) is 11.3 Å². The molecule has 0 atom stereocenters. The van der Waals surface area contributed by atoms with Crippen LogP contribution >= 0.6 is 22.9 Å². The molecule has 0 amide bonds. The highest BCUT2D eigenvalue weighted by Crippen LogP contribution is 2.17. The monoisotopic (exact) mass is 192 g/mol. The SMILES string of the molecule is O=[N+]([O-])CCc1cnc(Cl)s1. The number of hydrogen-bond donors (Lipinski definition) is 0. The van der Waals surface area contributed by atoms with E-state index in [1.54, 1.807) is 6.20 Å². The van der Waals surface area contributed by atoms with Crippen molar-refractivity contribution < 1.29 is 4.92 Å². The van der Waals surface area contributed by atoms with Crippen LogP contribution in [0.4, 0.5) is 0 Å². The Labute approximate surface area is 72.0 Å². The summed E-state index contributed by atoms with van der Waals surface area (Å²) in [7, 11) is 0. The minimum Gasteiger partial charge on any atom is -0.265 e. The Morgan fingerprint density at radius 3 is 3.00 bits per heavy atom. The van der Waals surface area contributed by atoms with Crippen LogP contribution in [0.1, 0.15) is 4.88 Å². The molecule has 0 N–H and O–H groups in total. The molecule has 0 aliphatic rings. The quantitative estimate of drug-likeness (QED) is 0.540. The Morgan fingerprint density at radius 2 is 2.55 bits per heavy atom. The predicted molar refractivity (Wildman–Crippen MR) is 42.7 cm³/mol. The van der Waals surface area contributed by atoms with Crippen LogP contribution in [0.25, 0.3) is 0 Å². The van der Waals surface area contributed by atoms with E-state index in [1.165, 1.54) is 11.3 Å². The molecule has 1 aromatic rings. The predicted octanol–water partition coefficient (Wildman–Crippen LogP) is 1.62. The van der Waals surface area contributed by atoms with E-state index in [0.717, 1.165) is 4.88 Å². The zero-order valence-corrected chi connectivity index (χ0v) is 7.06. The van der Waals surface area contributed by atoms with Crippen molar-refractivity contribution in [1.29, 1.82) is 0 Å². The molecular formula is C5H5ClN2O2S. The van der Waals surface area contributed by atoms with Crippen LogP contribution in [0.2, 0.25) is 4.47 Å². The Bertz CT molecular complexity index is 263. The van der Waals surface area contributed by atoms with Gasteiger partial charge >= 0.3 is 0 Å². The summed E-state index contributed by atoms with van der Waals surface area (Å²) in [6.07, 6.45) is 1.98. The fraction of sp³-hybridized carbons (Fsp3) is 0.400. The second-order valence-corrected chi connectivity index (χ2v) is 3.58. The van der Waals surface area contributed by atoms with Gasteiger partial charge in [-0.05, 0) is 0 Å². The molecular weight excluding hydrogens is 188 g/mol. The van der Waals surface area contributed by atoms with E-state index >= 15 is 0 Å². The summed E-state index contributed by atoms with van der Waals surface area (Å²) in [5.74, 6) is 0. The summed E-state index contributed by atoms with van der Waals surface area (Å²) in [6.45, 7) is -0.0570. The van der Waals surface area contributed by atoms with Gasteiger partial charge < -0.3 is 0 Å². The first-order chi connectivity index (χ1) is 5.18. The van der Waals surface area contributed by atoms with Gasteiger partial charge in [-0.3, -0.25) is 10.1 Å². The number of hydrogen-bond acceptors (Lipinski definition) is 4. The number of halogens is 1. The highest BCUT2D eigenvalue weighted by molar-refractivity contribution is 7.15. The van der Waals surface area contributed by atoms with E-state index in [-0.39, 0.29) is 11.5 Å². The lowest BCUT2D eigenvalue weighted by Gasteiger charge is -1.87. The molecule has 1 aromatic heterocycles. The van der Waals surface area contributed by atoms with Gasteiger partial charge in [0.25, 0.3) is 0 Å². The van der Waals surface area contributed by atoms with E-state index in [4.69, 9.17) is 11.6 Å². The van der Waals surface area contributed by atoms with Crippen LogP contribution < -0.4 is 0 Å². The number of rotatable bonds is 3. The highest BCUT2D eigenvalue weighted by atomic mass is 35.5. The fourth-order valence-electron chi connectivity index (χ4n) is 0.601. The van der Waals surface area contributed by atoms with Gasteiger partial charge in [0, 0.05) is 22.4 Å². The third-order valence-corrected chi connectivity index (χ3v) is 2.24. The van der Waals surface area contributed by atoms with Crippen LogP contribution in [0, 0.1) is 10.1 Å². The summed E-state index contributed by atoms with van der Waals surface area (Å²) in [5.41, 5.74) is 0. The molecule has 0 aliphatic heterocycles. The molecule has 0 radical (unpaired) electrons. The maximum absolute atomic E-state index is 9.94. The standard InChI is InChI=1S/C5H5ClN2O2S/c6-5-7-3-4(11-5)1-2-8(9)10/h3H,1-2H2. The van der Waals surface area contributed by atoms with Crippen molar-refractivity contribution in [2.45, 2.75) is 6.42 Å². The highest BCUT2D eigenvalue weighted by Gasteiger charge is 2.02. The third-order valence-electron chi connectivity index (χ3n) is 1.07. The van der Waals surface area contributed by atoms with Gasteiger partial charge in [0.1, 0.15) is 0 Å². The smallest absolute Gasteiger partial charge is 0.208 e. The lowest BCUT2D eigenvalue weighted by Crippen LogP contribution is -2.02. The molecule has 6 heteroatoms. The molecule has 60 valence electrons. The zero-order chi connectivity index (χ0) is 8.27. The van der Waals surface area contributed by atoms with Crippen molar-refractivity contribution in [2.75, 3.05) is 6.54 Å². The molecule has 4 nitrogen and oxygen atoms in total. The number of nitro groups is 1. The molecule has 0 aliphatic carbocycles. The number of aromatic nitrogens is 1. The lowest BCUT2D eigenvalue weighted by molar-refractivity contribution is -0.479. The lowest BCUT2D eigenvalue weighted by atomic mass is 10.4. The Balaban J connectivity index is 2.45. The molecule has 0 spiro atoms. The first-order valence-electron chi connectivity index (χ1n) is 2.90. The maximum Gasteiger partial charge on any atom is 0.208 e. The van der Waals surface area contributed by atoms with Crippen molar-refractivity contribution in [1.82, 2.24) is 4.98 Å². The molecule has 1 heterocycles. The van der Waals surface area contributed by atoms with E-state index < -0.39 is 0 Å². The van der Waals surface area contributed by atoms with Gasteiger partial charge in [-0.2, -0.15) is 0 Å². The van der Waals surface area contributed by atoms with Crippen LogP contribution in [-0.4, -0.2) is 16.5 Å². The van der Waals surface area contributed by atoms with E-state index in [9.17, 15) is 10.1 Å². The number of thiazole rings is 1. The molecule has 11 heavy (non-hydrogen) atoms. The second-order valence-electron chi connectivity index (χ2n) is 1.89. The second kappa shape index (κ2) is 3.64. The minimum absolute atomic E-state index is 0.0570. The van der Waals surface area contributed by atoms with Crippen LogP contribution in [-0.2, 0) is 6.42 Å². The normalized spacial score (nSPS) is 9.91. The van der Waals surface area contributed by atoms with E-state index in [2.05, 4.69) is 4.98 Å². The third kappa shape index (κ3) is 2.81. The van der Waals surface area contributed by atoms with Crippen LogP contribution in [0.3, 0.4) is 0 Å². The fourth-order valence-corrected chi connectivity index (χ4v) is 1.57. The van der Waals surface area contributed by atoms with Crippen LogP contribution in [0.15, 0.2) is 6.20 Å². The van der Waals surface area contributed by atoms with E-state index in [1.807, 2.05) is 0 Å². The van der Waals surface area contributed by atoms with Crippen molar-refractivity contribution in [3.63, 3.8) is 0 Å². The first kappa shape index (κ1) is 8.42. The summed E-state index contributed by atoms with van der Waals surface area (Å²) >= 11 is 6.79. The van der Waals surface area contributed by atoms with Crippen molar-refractivity contribution >= 4 is 22.9 Å². The molecule has 0 saturated heterocycles. The topological polar surface area (TPSA) is 56.0 Å².